The summed E-state index contributed by atoms with van der Waals surface area (Å²) in [5.41, 5.74) is 3.34. The number of rotatable bonds is 12. The summed E-state index contributed by atoms with van der Waals surface area (Å²) in [5, 5.41) is 0.148. The van der Waals surface area contributed by atoms with Gasteiger partial charge in [0.05, 0.1) is 24.3 Å². The van der Waals surface area contributed by atoms with Crippen molar-refractivity contribution in [2.75, 3.05) is 33.4 Å². The van der Waals surface area contributed by atoms with Crippen LogP contribution in [0.15, 0.2) is 48.0 Å². The first-order valence-electron chi connectivity index (χ1n) is 20.5. The summed E-state index contributed by atoms with van der Waals surface area (Å²) in [6, 6.07) is 13.1. The van der Waals surface area contributed by atoms with Gasteiger partial charge in [-0.05, 0) is 121 Å². The summed E-state index contributed by atoms with van der Waals surface area (Å²) in [6.45, 7) is 25.5. The molecule has 2 aromatic rings. The summed E-state index contributed by atoms with van der Waals surface area (Å²) in [5.74, 6) is 0.603. The third-order valence-corrected chi connectivity index (χ3v) is 12.2. The fraction of sp³-hybridized carbons (Fsp3) is 0.622. The number of carbonyl (C=O) groups excluding carboxylic acids is 3. The highest BCUT2D eigenvalue weighted by atomic mass is 28.2. The zero-order valence-electron chi connectivity index (χ0n) is 36.7. The van der Waals surface area contributed by atoms with Gasteiger partial charge in [0.15, 0.2) is 9.76 Å². The summed E-state index contributed by atoms with van der Waals surface area (Å²) < 4.78 is 29.7. The van der Waals surface area contributed by atoms with E-state index in [1.165, 1.54) is 0 Å². The molecule has 0 N–H and O–H groups in total. The molecule has 0 spiro atoms. The predicted molar refractivity (Wildman–Crippen MR) is 226 cm³/mol. The Bertz CT molecular complexity index is 1800. The maximum atomic E-state index is 15.5. The van der Waals surface area contributed by atoms with Gasteiger partial charge in [-0.25, -0.2) is 9.59 Å². The smallest absolute Gasteiger partial charge is 0.411 e. The van der Waals surface area contributed by atoms with E-state index in [4.69, 9.17) is 23.4 Å². The third-order valence-electron chi connectivity index (χ3n) is 10.5. The summed E-state index contributed by atoms with van der Waals surface area (Å²) in [6.07, 6.45) is 1.14. The number of methoxy groups -OCH3 is 1. The Morgan fingerprint density at radius 1 is 0.825 bits per heavy atom. The number of carbonyl (C=O) groups is 3. The van der Waals surface area contributed by atoms with E-state index in [1.807, 2.05) is 71.6 Å². The van der Waals surface area contributed by atoms with Crippen LogP contribution in [0.5, 0.6) is 5.75 Å². The van der Waals surface area contributed by atoms with Gasteiger partial charge in [-0.2, -0.15) is 0 Å². The molecule has 0 radical (unpaired) electrons. The molecular weight excluding hydrogens is 739 g/mol. The minimum atomic E-state index is -0.818. The highest BCUT2D eigenvalue weighted by Gasteiger charge is 2.51. The van der Waals surface area contributed by atoms with E-state index in [0.29, 0.717) is 31.8 Å². The van der Waals surface area contributed by atoms with Crippen molar-refractivity contribution in [2.45, 2.75) is 149 Å². The Hall–Kier alpha value is -3.87. The van der Waals surface area contributed by atoms with Crippen LogP contribution in [0.1, 0.15) is 118 Å². The van der Waals surface area contributed by atoms with Gasteiger partial charge in [0, 0.05) is 38.4 Å². The second-order valence-electron chi connectivity index (χ2n) is 19.5. The molecular formula is C45H67N3O8Si. The third kappa shape index (κ3) is 11.4. The first kappa shape index (κ1) is 44.2. The summed E-state index contributed by atoms with van der Waals surface area (Å²) >= 11 is 0. The lowest BCUT2D eigenvalue weighted by Gasteiger charge is -2.51. The second-order valence-corrected chi connectivity index (χ2v) is 22.2. The summed E-state index contributed by atoms with van der Waals surface area (Å²) in [4.78, 5) is 48.8. The number of fused-ring (bicyclic) bond motifs is 2. The van der Waals surface area contributed by atoms with Crippen molar-refractivity contribution in [1.29, 1.82) is 0 Å². The molecule has 0 aromatic heterocycles. The van der Waals surface area contributed by atoms with Crippen LogP contribution in [-0.4, -0.2) is 105 Å². The van der Waals surface area contributed by atoms with Gasteiger partial charge in [0.2, 0.25) is 0 Å². The quantitative estimate of drug-likeness (QED) is 0.156. The molecule has 2 heterocycles. The first-order valence-corrected chi connectivity index (χ1v) is 21.7. The molecule has 2 fully saturated rings. The normalized spacial score (nSPS) is 19.2. The van der Waals surface area contributed by atoms with Crippen LogP contribution in [0.4, 0.5) is 9.59 Å². The van der Waals surface area contributed by atoms with Crippen molar-refractivity contribution in [3.63, 3.8) is 0 Å². The van der Waals surface area contributed by atoms with Gasteiger partial charge in [0.25, 0.3) is 5.91 Å². The van der Waals surface area contributed by atoms with Gasteiger partial charge < -0.3 is 33.2 Å². The van der Waals surface area contributed by atoms with Crippen LogP contribution in [0, 0.1) is 6.92 Å². The van der Waals surface area contributed by atoms with E-state index >= 15 is 4.79 Å². The van der Waals surface area contributed by atoms with E-state index in [9.17, 15) is 9.59 Å². The van der Waals surface area contributed by atoms with Crippen molar-refractivity contribution < 1.29 is 37.8 Å². The zero-order chi connectivity index (χ0) is 42.1. The zero-order valence-corrected chi connectivity index (χ0v) is 38.2. The van der Waals surface area contributed by atoms with E-state index in [-0.39, 0.29) is 30.1 Å². The molecule has 57 heavy (non-hydrogen) atoms. The van der Waals surface area contributed by atoms with Gasteiger partial charge in [-0.3, -0.25) is 9.69 Å². The molecule has 1 saturated heterocycles. The van der Waals surface area contributed by atoms with Crippen molar-refractivity contribution in [2.24, 2.45) is 0 Å². The lowest BCUT2D eigenvalue weighted by molar-refractivity contribution is -0.129. The molecule has 2 unspecified atom stereocenters. The second kappa shape index (κ2) is 17.2. The van der Waals surface area contributed by atoms with Gasteiger partial charge in [-0.15, -0.1) is 0 Å². The molecule has 3 amide bonds. The molecule has 2 bridgehead atoms. The number of hydrogen-bond donors (Lipinski definition) is 0. The number of amides is 3. The van der Waals surface area contributed by atoms with E-state index < -0.39 is 50.8 Å². The van der Waals surface area contributed by atoms with Crippen LogP contribution in [0.3, 0.4) is 0 Å². The molecule has 2 aliphatic heterocycles. The molecule has 314 valence electrons. The van der Waals surface area contributed by atoms with Crippen LogP contribution in [-0.2, 0) is 35.6 Å². The maximum absolute atomic E-state index is 15.5. The first-order chi connectivity index (χ1) is 26.5. The van der Waals surface area contributed by atoms with Crippen LogP contribution in [0.25, 0.3) is 5.57 Å². The molecule has 12 heteroatoms. The molecule has 3 aliphatic rings. The largest absolute Gasteiger partial charge is 0.491 e. The van der Waals surface area contributed by atoms with Crippen LogP contribution >= 0.6 is 0 Å². The number of benzene rings is 2. The molecule has 2 aromatic carbocycles. The van der Waals surface area contributed by atoms with Gasteiger partial charge in [-0.1, -0.05) is 57.2 Å². The topological polar surface area (TPSA) is 107 Å². The van der Waals surface area contributed by atoms with Crippen molar-refractivity contribution in [1.82, 2.24) is 14.7 Å². The molecule has 1 saturated carbocycles. The highest BCUT2D eigenvalue weighted by molar-refractivity contribution is 6.31. The SMILES string of the molecule is COCCOc1cccc(CN(C(=O)C2=C(c3ccc(C(C)(C)O[SiH2]C(C)(C)C)cc3)CC3CN(C(=O)OC(C)(C)C)CC2N3C(=O)OC(C)(C)C)C2CC2)c1C. The van der Waals surface area contributed by atoms with Crippen LogP contribution in [0.2, 0.25) is 5.04 Å². The Morgan fingerprint density at radius 2 is 1.46 bits per heavy atom. The van der Waals surface area contributed by atoms with Gasteiger partial charge >= 0.3 is 12.2 Å². The average molecular weight is 806 g/mol. The average Bonchev–Trinajstić information content (AvgIpc) is 3.94. The van der Waals surface area contributed by atoms with Crippen LogP contribution < -0.4 is 4.74 Å². The van der Waals surface area contributed by atoms with Gasteiger partial charge in [0.1, 0.15) is 23.6 Å². The van der Waals surface area contributed by atoms with E-state index in [2.05, 4.69) is 58.9 Å². The lowest BCUT2D eigenvalue weighted by Crippen LogP contribution is -2.66. The van der Waals surface area contributed by atoms with Crippen molar-refractivity contribution in [3.8, 4) is 5.75 Å². The molecule has 5 rings (SSSR count). The predicted octanol–water partition coefficient (Wildman–Crippen LogP) is 8.15. The highest BCUT2D eigenvalue weighted by Crippen LogP contribution is 2.43. The van der Waals surface area contributed by atoms with Crippen molar-refractivity contribution in [3.05, 3.63) is 70.3 Å². The standard InChI is InChI=1S/C45H67N3O8Si/c1-29-31(15-14-16-37(29)53-24-23-52-13)26-47(33-21-22-33)39(49)38-35(30-17-19-32(20-18-30)45(11,12)56-57-44(8,9)10)25-34-27-46(40(50)54-42(2,3)4)28-36(38)48(34)41(51)55-43(5,6)7/h14-20,33-34,36H,21-28,57H2,1-13H3. The Balaban J connectivity index is 1.62. The molecule has 11 nitrogen and oxygen atoms in total. The van der Waals surface area contributed by atoms with E-state index in [0.717, 1.165) is 46.4 Å². The number of nitrogens with zero attached hydrogens (tertiary/aromatic N) is 3. The lowest BCUT2D eigenvalue weighted by atomic mass is 9.81. The Morgan fingerprint density at radius 3 is 2.04 bits per heavy atom. The minimum absolute atomic E-state index is 0.0364. The number of piperazine rings is 1. The van der Waals surface area contributed by atoms with Crippen molar-refractivity contribution >= 4 is 33.4 Å². The summed E-state index contributed by atoms with van der Waals surface area (Å²) in [7, 11) is 0.825. The maximum Gasteiger partial charge on any atom is 0.411 e. The Labute approximate surface area is 343 Å². The van der Waals surface area contributed by atoms with E-state index in [1.54, 1.807) is 16.9 Å². The molecule has 1 aliphatic carbocycles. The monoisotopic (exact) mass is 805 g/mol. The molecule has 2 atom stereocenters. The fourth-order valence-electron chi connectivity index (χ4n) is 7.39. The Kier molecular flexibility index (Phi) is 13.3. The number of hydrogen-bond acceptors (Lipinski definition) is 8. The number of ether oxygens (including phenoxy) is 4. The fourth-order valence-corrected chi connectivity index (χ4v) is 8.35. The minimum Gasteiger partial charge on any atom is -0.491 e.